The lowest BCUT2D eigenvalue weighted by Crippen LogP contribution is -2.15. The van der Waals surface area contributed by atoms with Crippen molar-refractivity contribution in [2.24, 2.45) is 0 Å². The normalized spacial score (nSPS) is 12.8. The number of carbonyl (C=O) groups is 1. The first-order valence-electron chi connectivity index (χ1n) is 7.96. The lowest BCUT2D eigenvalue weighted by atomic mass is 9.84. The van der Waals surface area contributed by atoms with Crippen LogP contribution in [0.1, 0.15) is 53.2 Å². The van der Waals surface area contributed by atoms with Crippen molar-refractivity contribution in [3.05, 3.63) is 52.6 Å². The molecule has 0 radical (unpaired) electrons. The maximum absolute atomic E-state index is 12.7. The number of benzene rings is 2. The maximum atomic E-state index is 12.7. The summed E-state index contributed by atoms with van der Waals surface area (Å²) in [5.41, 5.74) is 2.30. The number of phenols is 2. The van der Waals surface area contributed by atoms with Crippen molar-refractivity contribution >= 4 is 17.5 Å². The fourth-order valence-corrected chi connectivity index (χ4v) is 3.96. The Bertz CT molecular complexity index is 753. The van der Waals surface area contributed by atoms with E-state index in [-0.39, 0.29) is 17.3 Å². The molecule has 2 aromatic rings. The van der Waals surface area contributed by atoms with Crippen molar-refractivity contribution in [2.45, 2.75) is 37.5 Å². The first-order valence-corrected chi connectivity index (χ1v) is 8.95. The van der Waals surface area contributed by atoms with Crippen molar-refractivity contribution in [2.75, 3.05) is 5.75 Å². The molecule has 3 rings (SSSR count). The molecular weight excluding hydrogens is 308 g/mol. The second-order valence-electron chi connectivity index (χ2n) is 5.82. The summed E-state index contributed by atoms with van der Waals surface area (Å²) in [5, 5.41) is 20.6. The molecule has 120 valence electrons. The highest BCUT2D eigenvalue weighted by Gasteiger charge is 2.29. The van der Waals surface area contributed by atoms with Gasteiger partial charge in [0.25, 0.3) is 0 Å². The van der Waals surface area contributed by atoms with Crippen molar-refractivity contribution < 1.29 is 15.0 Å². The molecular formula is C19H20O3S. The lowest BCUT2D eigenvalue weighted by Gasteiger charge is -2.21. The van der Waals surface area contributed by atoms with E-state index >= 15 is 0 Å². The van der Waals surface area contributed by atoms with Crippen LogP contribution in [-0.2, 0) is 6.42 Å². The van der Waals surface area contributed by atoms with Gasteiger partial charge < -0.3 is 10.2 Å². The van der Waals surface area contributed by atoms with Gasteiger partial charge in [0.05, 0.1) is 11.1 Å². The van der Waals surface area contributed by atoms with Crippen LogP contribution in [0.3, 0.4) is 0 Å². The van der Waals surface area contributed by atoms with Crippen LogP contribution in [0.2, 0.25) is 0 Å². The summed E-state index contributed by atoms with van der Waals surface area (Å²) >= 11 is 1.58. The van der Waals surface area contributed by atoms with Gasteiger partial charge in [-0.25, -0.2) is 0 Å². The number of carbonyl (C=O) groups excluding carboxylic acids is 1. The van der Waals surface area contributed by atoms with E-state index < -0.39 is 0 Å². The topological polar surface area (TPSA) is 57.5 Å². The number of hydrogen-bond donors (Lipinski definition) is 2. The third kappa shape index (κ3) is 2.95. The number of aromatic hydroxyl groups is 2. The van der Waals surface area contributed by atoms with E-state index in [1.807, 2.05) is 18.2 Å². The molecule has 0 heterocycles. The third-order valence-corrected chi connectivity index (χ3v) is 5.33. The summed E-state index contributed by atoms with van der Waals surface area (Å²) in [7, 11) is 0. The number of phenolic OH excluding ortho intramolecular Hbond substituents is 2. The maximum Gasteiger partial charge on any atom is 0.201 e. The smallest absolute Gasteiger partial charge is 0.201 e. The van der Waals surface area contributed by atoms with Crippen molar-refractivity contribution in [3.8, 4) is 11.5 Å². The van der Waals surface area contributed by atoms with Gasteiger partial charge in [-0.2, -0.15) is 0 Å². The first-order chi connectivity index (χ1) is 11.1. The average molecular weight is 328 g/mol. The number of thioether (sulfide) groups is 1. The molecule has 3 nitrogen and oxygen atoms in total. The summed E-state index contributed by atoms with van der Waals surface area (Å²) < 4.78 is 0. The zero-order valence-corrected chi connectivity index (χ0v) is 13.9. The highest BCUT2D eigenvalue weighted by Crippen LogP contribution is 2.40. The van der Waals surface area contributed by atoms with Crippen LogP contribution in [0.15, 0.2) is 35.2 Å². The first kappa shape index (κ1) is 15.9. The zero-order chi connectivity index (χ0) is 16.4. The van der Waals surface area contributed by atoms with Crippen LogP contribution in [0.4, 0.5) is 0 Å². The second kappa shape index (κ2) is 6.67. The molecule has 23 heavy (non-hydrogen) atoms. The molecule has 0 fully saturated rings. The van der Waals surface area contributed by atoms with Gasteiger partial charge in [-0.15, -0.1) is 11.8 Å². The molecule has 0 aliphatic heterocycles. The Morgan fingerprint density at radius 2 is 1.83 bits per heavy atom. The molecule has 2 aromatic carbocycles. The Morgan fingerprint density at radius 3 is 2.61 bits per heavy atom. The SMILES string of the molecule is CCCCCSc1ccc2c(c1O)C(=O)c1c(O)cccc1C2. The van der Waals surface area contributed by atoms with Gasteiger partial charge in [0.1, 0.15) is 11.5 Å². The van der Waals surface area contributed by atoms with Gasteiger partial charge in [0.2, 0.25) is 5.78 Å². The van der Waals surface area contributed by atoms with Crippen molar-refractivity contribution in [1.29, 1.82) is 0 Å². The molecule has 2 N–H and O–H groups in total. The average Bonchev–Trinajstić information content (AvgIpc) is 2.53. The standard InChI is InChI=1S/C19H20O3S/c1-2-3-4-10-23-15-9-8-13-11-12-6-5-7-14(20)16(12)19(22)17(13)18(15)21/h5-9,20-21H,2-4,10-11H2,1H3. The fraction of sp³-hybridized carbons (Fsp3) is 0.316. The second-order valence-corrected chi connectivity index (χ2v) is 6.96. The Balaban J connectivity index is 1.93. The Labute approximate surface area is 140 Å². The zero-order valence-electron chi connectivity index (χ0n) is 13.1. The largest absolute Gasteiger partial charge is 0.507 e. The van der Waals surface area contributed by atoms with Crippen molar-refractivity contribution in [3.63, 3.8) is 0 Å². The van der Waals surface area contributed by atoms with Crippen LogP contribution in [-0.4, -0.2) is 21.7 Å². The molecule has 0 bridgehead atoms. The van der Waals surface area contributed by atoms with E-state index in [0.717, 1.165) is 34.6 Å². The molecule has 0 amide bonds. The minimum Gasteiger partial charge on any atom is -0.507 e. The quantitative estimate of drug-likeness (QED) is 0.534. The highest BCUT2D eigenvalue weighted by atomic mass is 32.2. The van der Waals surface area contributed by atoms with Crippen LogP contribution in [0.25, 0.3) is 0 Å². The monoisotopic (exact) mass is 328 g/mol. The molecule has 0 saturated carbocycles. The van der Waals surface area contributed by atoms with Crippen LogP contribution < -0.4 is 0 Å². The molecule has 1 aliphatic rings. The summed E-state index contributed by atoms with van der Waals surface area (Å²) in [5.74, 6) is 0.685. The van der Waals surface area contributed by atoms with Gasteiger partial charge in [-0.3, -0.25) is 4.79 Å². The fourth-order valence-electron chi connectivity index (χ4n) is 2.99. The van der Waals surface area contributed by atoms with Gasteiger partial charge in [-0.05, 0) is 41.9 Å². The molecule has 1 aliphatic carbocycles. The predicted molar refractivity (Wildman–Crippen MR) is 92.7 cm³/mol. The molecule has 4 heteroatoms. The highest BCUT2D eigenvalue weighted by molar-refractivity contribution is 7.99. The van der Waals surface area contributed by atoms with Gasteiger partial charge in [-0.1, -0.05) is 38.0 Å². The minimum absolute atomic E-state index is 0.0152. The molecule has 0 spiro atoms. The molecule has 0 aromatic heterocycles. The Hall–Kier alpha value is -1.94. The predicted octanol–water partition coefficient (Wildman–Crippen LogP) is 4.52. The number of hydrogen-bond acceptors (Lipinski definition) is 4. The lowest BCUT2D eigenvalue weighted by molar-refractivity contribution is 0.102. The number of unbranched alkanes of at least 4 members (excludes halogenated alkanes) is 2. The number of fused-ring (bicyclic) bond motifs is 2. The van der Waals surface area contributed by atoms with E-state index in [1.165, 1.54) is 12.5 Å². The van der Waals surface area contributed by atoms with E-state index in [0.29, 0.717) is 17.5 Å². The Kier molecular flexibility index (Phi) is 4.62. The van der Waals surface area contributed by atoms with E-state index in [9.17, 15) is 15.0 Å². The van der Waals surface area contributed by atoms with Crippen LogP contribution >= 0.6 is 11.8 Å². The van der Waals surface area contributed by atoms with Crippen LogP contribution in [0, 0.1) is 0 Å². The molecule has 0 atom stereocenters. The summed E-state index contributed by atoms with van der Waals surface area (Å²) in [6, 6.07) is 8.92. The summed E-state index contributed by atoms with van der Waals surface area (Å²) in [6.07, 6.45) is 3.97. The summed E-state index contributed by atoms with van der Waals surface area (Å²) in [6.45, 7) is 2.16. The molecule has 0 saturated heterocycles. The summed E-state index contributed by atoms with van der Waals surface area (Å²) in [4.78, 5) is 13.5. The third-order valence-electron chi connectivity index (χ3n) is 4.20. The Morgan fingerprint density at radius 1 is 1.04 bits per heavy atom. The number of rotatable bonds is 5. The van der Waals surface area contributed by atoms with Gasteiger partial charge in [0, 0.05) is 4.90 Å². The number of ketones is 1. The minimum atomic E-state index is -0.284. The van der Waals surface area contributed by atoms with E-state index in [1.54, 1.807) is 17.8 Å². The van der Waals surface area contributed by atoms with Crippen LogP contribution in [0.5, 0.6) is 11.5 Å². The van der Waals surface area contributed by atoms with E-state index in [4.69, 9.17) is 0 Å². The van der Waals surface area contributed by atoms with Crippen molar-refractivity contribution in [1.82, 2.24) is 0 Å². The van der Waals surface area contributed by atoms with E-state index in [2.05, 4.69) is 6.92 Å². The van der Waals surface area contributed by atoms with Gasteiger partial charge in [0.15, 0.2) is 0 Å². The van der Waals surface area contributed by atoms with Gasteiger partial charge >= 0.3 is 0 Å². The molecule has 0 unspecified atom stereocenters.